The van der Waals surface area contributed by atoms with E-state index >= 15 is 0 Å². The second kappa shape index (κ2) is 5.68. The highest BCUT2D eigenvalue weighted by atomic mass is 35.5. The lowest BCUT2D eigenvalue weighted by Gasteiger charge is -2.18. The lowest BCUT2D eigenvalue weighted by molar-refractivity contribution is -0.129. The van der Waals surface area contributed by atoms with Gasteiger partial charge in [0, 0.05) is 14.1 Å². The van der Waals surface area contributed by atoms with Crippen molar-refractivity contribution in [1.82, 2.24) is 9.88 Å². The Morgan fingerprint density at radius 2 is 2.06 bits per heavy atom. The van der Waals surface area contributed by atoms with Gasteiger partial charge in [-0.1, -0.05) is 11.6 Å². The maximum atomic E-state index is 11.6. The largest absolute Gasteiger partial charge is 0.476 e. The zero-order valence-electron chi connectivity index (χ0n) is 10.3. The fourth-order valence-electron chi connectivity index (χ4n) is 1.34. The van der Waals surface area contributed by atoms with Gasteiger partial charge >= 0.3 is 5.97 Å². The summed E-state index contributed by atoms with van der Waals surface area (Å²) in [5.74, 6) is -1.06. The molecule has 98 valence electrons. The van der Waals surface area contributed by atoms with E-state index in [9.17, 15) is 9.59 Å². The van der Waals surface area contributed by atoms with E-state index in [-0.39, 0.29) is 16.6 Å². The number of carbonyl (C=O) groups is 2. The van der Waals surface area contributed by atoms with Crippen molar-refractivity contribution in [2.75, 3.05) is 19.4 Å². The average molecular weight is 272 g/mol. The molecule has 0 bridgehead atoms. The molecule has 0 aromatic carbocycles. The highest BCUT2D eigenvalue weighted by Gasteiger charge is 2.17. The van der Waals surface area contributed by atoms with E-state index in [1.807, 2.05) is 0 Å². The predicted molar refractivity (Wildman–Crippen MR) is 68.0 cm³/mol. The molecule has 18 heavy (non-hydrogen) atoms. The zero-order chi connectivity index (χ0) is 13.9. The number of rotatable bonds is 4. The van der Waals surface area contributed by atoms with Gasteiger partial charge in [-0.05, 0) is 19.1 Å². The third kappa shape index (κ3) is 3.33. The Kier molecular flexibility index (Phi) is 4.49. The third-order valence-electron chi connectivity index (χ3n) is 2.22. The smallest absolute Gasteiger partial charge is 0.356 e. The van der Waals surface area contributed by atoms with Crippen molar-refractivity contribution in [2.45, 2.75) is 13.0 Å². The number of aromatic carboxylic acids is 1. The molecule has 2 N–H and O–H groups in total. The van der Waals surface area contributed by atoms with E-state index in [0.29, 0.717) is 5.82 Å². The second-order valence-corrected chi connectivity index (χ2v) is 4.34. The summed E-state index contributed by atoms with van der Waals surface area (Å²) >= 11 is 5.69. The van der Waals surface area contributed by atoms with Crippen LogP contribution in [0.3, 0.4) is 0 Å². The van der Waals surface area contributed by atoms with Gasteiger partial charge in [0.05, 0.1) is 5.02 Å². The number of aromatic nitrogens is 1. The van der Waals surface area contributed by atoms with Crippen molar-refractivity contribution in [3.63, 3.8) is 0 Å². The Morgan fingerprint density at radius 3 is 2.56 bits per heavy atom. The van der Waals surface area contributed by atoms with Crippen LogP contribution in [0.5, 0.6) is 0 Å². The molecular weight excluding hydrogens is 258 g/mol. The van der Waals surface area contributed by atoms with E-state index in [0.717, 1.165) is 0 Å². The molecular formula is C11H14ClN3O3. The topological polar surface area (TPSA) is 82.5 Å². The summed E-state index contributed by atoms with van der Waals surface area (Å²) in [5.41, 5.74) is -0.244. The normalized spacial score (nSPS) is 11.8. The Bertz CT molecular complexity index is 477. The average Bonchev–Trinajstić information content (AvgIpc) is 2.29. The van der Waals surface area contributed by atoms with Gasteiger partial charge in [-0.3, -0.25) is 4.79 Å². The first kappa shape index (κ1) is 14.2. The molecule has 1 unspecified atom stereocenters. The highest BCUT2D eigenvalue weighted by Crippen LogP contribution is 2.17. The Balaban J connectivity index is 2.89. The molecule has 1 amide bonds. The number of carboxylic acids is 1. The molecule has 0 saturated carbocycles. The van der Waals surface area contributed by atoms with Crippen LogP contribution in [0.2, 0.25) is 5.02 Å². The maximum absolute atomic E-state index is 11.6. The number of pyridine rings is 1. The number of carbonyl (C=O) groups excluding carboxylic acids is 1. The SMILES string of the molecule is CC(Nc1ccc(Cl)c(C(=O)O)n1)C(=O)N(C)C. The third-order valence-corrected chi connectivity index (χ3v) is 2.53. The zero-order valence-corrected chi connectivity index (χ0v) is 11.0. The van der Waals surface area contributed by atoms with Crippen LogP contribution in [0.1, 0.15) is 17.4 Å². The number of nitrogens with zero attached hydrogens (tertiary/aromatic N) is 2. The van der Waals surface area contributed by atoms with Crippen LogP contribution in [-0.4, -0.2) is 47.0 Å². The van der Waals surface area contributed by atoms with Crippen LogP contribution < -0.4 is 5.32 Å². The van der Waals surface area contributed by atoms with Gasteiger partial charge in [-0.2, -0.15) is 0 Å². The molecule has 0 fully saturated rings. The van der Waals surface area contributed by atoms with Gasteiger partial charge in [0.25, 0.3) is 0 Å². The number of anilines is 1. The molecule has 0 aliphatic rings. The fraction of sp³-hybridized carbons (Fsp3) is 0.364. The van der Waals surface area contributed by atoms with Crippen LogP contribution in [0.4, 0.5) is 5.82 Å². The maximum Gasteiger partial charge on any atom is 0.356 e. The van der Waals surface area contributed by atoms with Gasteiger partial charge in [0.15, 0.2) is 5.69 Å². The number of nitrogens with one attached hydrogen (secondary N) is 1. The van der Waals surface area contributed by atoms with Gasteiger partial charge in [-0.15, -0.1) is 0 Å². The number of carboxylic acid groups (broad SMARTS) is 1. The molecule has 0 aliphatic carbocycles. The van der Waals surface area contributed by atoms with Gasteiger partial charge in [-0.25, -0.2) is 9.78 Å². The first-order valence-corrected chi connectivity index (χ1v) is 5.58. The number of hydrogen-bond donors (Lipinski definition) is 2. The second-order valence-electron chi connectivity index (χ2n) is 3.93. The molecule has 0 radical (unpaired) electrons. The van der Waals surface area contributed by atoms with Crippen LogP contribution in [-0.2, 0) is 4.79 Å². The van der Waals surface area contributed by atoms with Crippen LogP contribution in [0.25, 0.3) is 0 Å². The monoisotopic (exact) mass is 271 g/mol. The molecule has 7 heteroatoms. The van der Waals surface area contributed by atoms with E-state index in [4.69, 9.17) is 16.7 Å². The van der Waals surface area contributed by atoms with Crippen molar-refractivity contribution >= 4 is 29.3 Å². The van der Waals surface area contributed by atoms with Crippen molar-refractivity contribution < 1.29 is 14.7 Å². The van der Waals surface area contributed by atoms with E-state index < -0.39 is 12.0 Å². The van der Waals surface area contributed by atoms with Crippen molar-refractivity contribution in [1.29, 1.82) is 0 Å². The van der Waals surface area contributed by atoms with Crippen LogP contribution in [0.15, 0.2) is 12.1 Å². The summed E-state index contributed by atoms with van der Waals surface area (Å²) in [6.07, 6.45) is 0. The summed E-state index contributed by atoms with van der Waals surface area (Å²) in [5, 5.41) is 11.7. The first-order chi connectivity index (χ1) is 8.32. The van der Waals surface area contributed by atoms with Crippen molar-refractivity contribution in [3.8, 4) is 0 Å². The Morgan fingerprint density at radius 1 is 1.44 bits per heavy atom. The molecule has 1 atom stereocenters. The van der Waals surface area contributed by atoms with Crippen LogP contribution >= 0.6 is 11.6 Å². The molecule has 1 aromatic heterocycles. The summed E-state index contributed by atoms with van der Waals surface area (Å²) in [6, 6.07) is 2.44. The summed E-state index contributed by atoms with van der Waals surface area (Å²) in [7, 11) is 3.27. The minimum Gasteiger partial charge on any atom is -0.476 e. The summed E-state index contributed by atoms with van der Waals surface area (Å²) < 4.78 is 0. The minimum absolute atomic E-state index is 0.0552. The van der Waals surface area contributed by atoms with E-state index in [1.165, 1.54) is 17.0 Å². The lowest BCUT2D eigenvalue weighted by Crippen LogP contribution is -2.36. The minimum atomic E-state index is -1.21. The Hall–Kier alpha value is -1.82. The predicted octanol–water partition coefficient (Wildman–Crippen LogP) is 1.32. The fourth-order valence-corrected chi connectivity index (χ4v) is 1.53. The number of likely N-dealkylation sites (N-methyl/N-ethyl adjacent to an activating group) is 1. The van der Waals surface area contributed by atoms with Gasteiger partial charge in [0.1, 0.15) is 11.9 Å². The number of hydrogen-bond acceptors (Lipinski definition) is 4. The number of amides is 1. The first-order valence-electron chi connectivity index (χ1n) is 5.20. The molecule has 0 aliphatic heterocycles. The molecule has 1 heterocycles. The number of halogens is 1. The Labute approximate surface area is 110 Å². The highest BCUT2D eigenvalue weighted by molar-refractivity contribution is 6.33. The lowest BCUT2D eigenvalue weighted by atomic mass is 10.3. The van der Waals surface area contributed by atoms with Gasteiger partial charge < -0.3 is 15.3 Å². The molecule has 1 aromatic rings. The quantitative estimate of drug-likeness (QED) is 0.863. The summed E-state index contributed by atoms with van der Waals surface area (Å²) in [4.78, 5) is 27.8. The molecule has 0 spiro atoms. The molecule has 0 saturated heterocycles. The molecule has 1 rings (SSSR count). The standard InChI is InChI=1S/C11H14ClN3O3/c1-6(10(16)15(2)3)13-8-5-4-7(12)9(14-8)11(17)18/h4-6H,1-3H3,(H,13,14)(H,17,18). The van der Waals surface area contributed by atoms with Gasteiger partial charge in [0.2, 0.25) is 5.91 Å². The summed E-state index contributed by atoms with van der Waals surface area (Å²) in [6.45, 7) is 1.67. The van der Waals surface area contributed by atoms with Crippen molar-refractivity contribution in [2.24, 2.45) is 0 Å². The van der Waals surface area contributed by atoms with Crippen LogP contribution in [0, 0.1) is 0 Å². The van der Waals surface area contributed by atoms with E-state index in [2.05, 4.69) is 10.3 Å². The van der Waals surface area contributed by atoms with Crippen molar-refractivity contribution in [3.05, 3.63) is 22.8 Å². The molecule has 6 nitrogen and oxygen atoms in total. The van der Waals surface area contributed by atoms with E-state index in [1.54, 1.807) is 21.0 Å².